The first-order valence-corrected chi connectivity index (χ1v) is 5.28. The maximum atomic E-state index is 11.7. The van der Waals surface area contributed by atoms with Crippen LogP contribution >= 0.6 is 0 Å². The molecular weight excluding hydrogens is 204 g/mol. The van der Waals surface area contributed by atoms with Gasteiger partial charge < -0.3 is 15.7 Å². The number of carbonyl (C=O) groups is 1. The van der Waals surface area contributed by atoms with Gasteiger partial charge in [0.15, 0.2) is 0 Å². The van der Waals surface area contributed by atoms with Gasteiger partial charge in [-0.1, -0.05) is 18.2 Å². The second-order valence-electron chi connectivity index (χ2n) is 4.10. The standard InChI is InChI=1S/C12H18N2O2/c1-12(2,11(16)13-8-9-15)14-10-6-4-3-5-7-10/h3-7,14-15H,8-9H2,1-2H3,(H,13,16). The van der Waals surface area contributed by atoms with Crippen molar-refractivity contribution in [2.75, 3.05) is 18.5 Å². The highest BCUT2D eigenvalue weighted by Crippen LogP contribution is 2.14. The van der Waals surface area contributed by atoms with Crippen molar-refractivity contribution in [3.05, 3.63) is 30.3 Å². The number of hydrogen-bond acceptors (Lipinski definition) is 3. The molecule has 0 aliphatic heterocycles. The Labute approximate surface area is 95.7 Å². The molecule has 88 valence electrons. The number of amides is 1. The number of benzene rings is 1. The third-order valence-electron chi connectivity index (χ3n) is 2.20. The summed E-state index contributed by atoms with van der Waals surface area (Å²) in [5.74, 6) is -0.134. The van der Waals surface area contributed by atoms with Gasteiger partial charge in [-0.05, 0) is 26.0 Å². The van der Waals surface area contributed by atoms with E-state index in [1.165, 1.54) is 0 Å². The zero-order valence-electron chi connectivity index (χ0n) is 9.66. The first kappa shape index (κ1) is 12.5. The summed E-state index contributed by atoms with van der Waals surface area (Å²) in [6.07, 6.45) is 0. The van der Waals surface area contributed by atoms with Crippen LogP contribution in [0.25, 0.3) is 0 Å². The summed E-state index contributed by atoms with van der Waals surface area (Å²) in [4.78, 5) is 11.7. The molecule has 0 aliphatic rings. The largest absolute Gasteiger partial charge is 0.395 e. The smallest absolute Gasteiger partial charge is 0.245 e. The van der Waals surface area contributed by atoms with Crippen molar-refractivity contribution in [1.29, 1.82) is 0 Å². The lowest BCUT2D eigenvalue weighted by Gasteiger charge is -2.26. The number of para-hydroxylation sites is 1. The second-order valence-corrected chi connectivity index (χ2v) is 4.10. The van der Waals surface area contributed by atoms with Gasteiger partial charge in [0.25, 0.3) is 0 Å². The highest BCUT2D eigenvalue weighted by Gasteiger charge is 2.26. The van der Waals surface area contributed by atoms with Crippen LogP contribution in [0.15, 0.2) is 30.3 Å². The molecule has 0 bridgehead atoms. The Morgan fingerprint density at radius 1 is 1.31 bits per heavy atom. The van der Waals surface area contributed by atoms with E-state index in [-0.39, 0.29) is 19.1 Å². The molecule has 0 unspecified atom stereocenters. The average molecular weight is 222 g/mol. The van der Waals surface area contributed by atoms with Crippen LogP contribution in [-0.2, 0) is 4.79 Å². The van der Waals surface area contributed by atoms with Crippen LogP contribution in [0.4, 0.5) is 5.69 Å². The van der Waals surface area contributed by atoms with E-state index in [0.717, 1.165) is 5.69 Å². The first-order chi connectivity index (χ1) is 7.56. The van der Waals surface area contributed by atoms with Crippen molar-refractivity contribution in [2.45, 2.75) is 19.4 Å². The maximum Gasteiger partial charge on any atom is 0.245 e. The summed E-state index contributed by atoms with van der Waals surface area (Å²) in [7, 11) is 0. The molecule has 0 saturated carbocycles. The van der Waals surface area contributed by atoms with Crippen LogP contribution in [0.2, 0.25) is 0 Å². The highest BCUT2D eigenvalue weighted by atomic mass is 16.3. The molecular formula is C12H18N2O2. The summed E-state index contributed by atoms with van der Waals surface area (Å²) in [5.41, 5.74) is 0.197. The zero-order chi connectivity index (χ0) is 12.0. The summed E-state index contributed by atoms with van der Waals surface area (Å²) < 4.78 is 0. The van der Waals surface area contributed by atoms with Crippen molar-refractivity contribution in [3.8, 4) is 0 Å². The summed E-state index contributed by atoms with van der Waals surface area (Å²) in [6.45, 7) is 3.82. The zero-order valence-corrected chi connectivity index (χ0v) is 9.66. The number of rotatable bonds is 5. The molecule has 4 nitrogen and oxygen atoms in total. The lowest BCUT2D eigenvalue weighted by atomic mass is 10.0. The van der Waals surface area contributed by atoms with Gasteiger partial charge in [0.2, 0.25) is 5.91 Å². The van der Waals surface area contributed by atoms with E-state index in [1.54, 1.807) is 13.8 Å². The maximum absolute atomic E-state index is 11.7. The number of hydrogen-bond donors (Lipinski definition) is 3. The fourth-order valence-corrected chi connectivity index (χ4v) is 1.33. The monoisotopic (exact) mass is 222 g/mol. The fraction of sp³-hybridized carbons (Fsp3) is 0.417. The SMILES string of the molecule is CC(C)(Nc1ccccc1)C(=O)NCCO. The predicted octanol–water partition coefficient (Wildman–Crippen LogP) is 0.986. The van der Waals surface area contributed by atoms with Crippen LogP contribution in [0.5, 0.6) is 0 Å². The van der Waals surface area contributed by atoms with E-state index < -0.39 is 5.54 Å². The Balaban J connectivity index is 2.60. The molecule has 1 rings (SSSR count). The van der Waals surface area contributed by atoms with Gasteiger partial charge in [-0.15, -0.1) is 0 Å². The average Bonchev–Trinajstić information content (AvgIpc) is 2.26. The van der Waals surface area contributed by atoms with Crippen LogP contribution in [-0.4, -0.2) is 29.7 Å². The third-order valence-corrected chi connectivity index (χ3v) is 2.20. The van der Waals surface area contributed by atoms with Gasteiger partial charge in [-0.25, -0.2) is 0 Å². The van der Waals surface area contributed by atoms with E-state index in [9.17, 15) is 4.79 Å². The van der Waals surface area contributed by atoms with Crippen LogP contribution in [0, 0.1) is 0 Å². The van der Waals surface area contributed by atoms with Crippen molar-refractivity contribution in [2.24, 2.45) is 0 Å². The Morgan fingerprint density at radius 3 is 2.50 bits per heavy atom. The minimum atomic E-state index is -0.698. The van der Waals surface area contributed by atoms with Gasteiger partial charge in [0, 0.05) is 12.2 Å². The predicted molar refractivity (Wildman–Crippen MR) is 64.2 cm³/mol. The Hall–Kier alpha value is -1.55. The minimum Gasteiger partial charge on any atom is -0.395 e. The van der Waals surface area contributed by atoms with E-state index >= 15 is 0 Å². The molecule has 3 N–H and O–H groups in total. The molecule has 0 saturated heterocycles. The van der Waals surface area contributed by atoms with E-state index in [1.807, 2.05) is 30.3 Å². The lowest BCUT2D eigenvalue weighted by Crippen LogP contribution is -2.48. The van der Waals surface area contributed by atoms with Gasteiger partial charge >= 0.3 is 0 Å². The number of aliphatic hydroxyl groups excluding tert-OH is 1. The molecule has 1 aromatic rings. The molecule has 0 radical (unpaired) electrons. The van der Waals surface area contributed by atoms with Gasteiger partial charge in [-0.3, -0.25) is 4.79 Å². The number of nitrogens with one attached hydrogen (secondary N) is 2. The molecule has 16 heavy (non-hydrogen) atoms. The molecule has 0 atom stereocenters. The topological polar surface area (TPSA) is 61.4 Å². The number of aliphatic hydroxyl groups is 1. The Kier molecular flexibility index (Phi) is 4.31. The Morgan fingerprint density at radius 2 is 1.94 bits per heavy atom. The van der Waals surface area contributed by atoms with E-state index in [2.05, 4.69) is 10.6 Å². The normalized spacial score (nSPS) is 10.9. The fourth-order valence-electron chi connectivity index (χ4n) is 1.33. The number of anilines is 1. The molecule has 1 amide bonds. The molecule has 4 heteroatoms. The molecule has 1 aromatic carbocycles. The molecule has 0 aromatic heterocycles. The third kappa shape index (κ3) is 3.55. The molecule has 0 fully saturated rings. The number of carbonyl (C=O) groups excluding carboxylic acids is 1. The van der Waals surface area contributed by atoms with Crippen LogP contribution in [0.1, 0.15) is 13.8 Å². The van der Waals surface area contributed by atoms with E-state index in [4.69, 9.17) is 5.11 Å². The molecule has 0 heterocycles. The van der Waals surface area contributed by atoms with E-state index in [0.29, 0.717) is 0 Å². The summed E-state index contributed by atoms with van der Waals surface area (Å²) >= 11 is 0. The van der Waals surface area contributed by atoms with Crippen molar-refractivity contribution in [3.63, 3.8) is 0 Å². The lowest BCUT2D eigenvalue weighted by molar-refractivity contribution is -0.124. The molecule has 0 aliphatic carbocycles. The first-order valence-electron chi connectivity index (χ1n) is 5.28. The minimum absolute atomic E-state index is 0.0485. The summed E-state index contributed by atoms with van der Waals surface area (Å²) in [5, 5.41) is 14.4. The van der Waals surface area contributed by atoms with Gasteiger partial charge in [-0.2, -0.15) is 0 Å². The molecule has 0 spiro atoms. The van der Waals surface area contributed by atoms with Crippen molar-refractivity contribution in [1.82, 2.24) is 5.32 Å². The quantitative estimate of drug-likeness (QED) is 0.696. The highest BCUT2D eigenvalue weighted by molar-refractivity contribution is 5.88. The van der Waals surface area contributed by atoms with Crippen molar-refractivity contribution < 1.29 is 9.90 Å². The van der Waals surface area contributed by atoms with Crippen molar-refractivity contribution >= 4 is 11.6 Å². The second kappa shape index (κ2) is 5.51. The Bertz CT molecular complexity index is 336. The van der Waals surface area contributed by atoms with Crippen LogP contribution in [0.3, 0.4) is 0 Å². The van der Waals surface area contributed by atoms with Crippen LogP contribution < -0.4 is 10.6 Å². The van der Waals surface area contributed by atoms with Gasteiger partial charge in [0.1, 0.15) is 5.54 Å². The van der Waals surface area contributed by atoms with Gasteiger partial charge in [0.05, 0.1) is 6.61 Å². The summed E-state index contributed by atoms with van der Waals surface area (Å²) in [6, 6.07) is 9.54.